The van der Waals surface area contributed by atoms with E-state index in [9.17, 15) is 9.59 Å². The molecule has 0 spiro atoms. The molecule has 98 valence electrons. The zero-order valence-electron chi connectivity index (χ0n) is 10.7. The molecular weight excluding hydrogens is 230 g/mol. The van der Waals surface area contributed by atoms with Gasteiger partial charge in [0.25, 0.3) is 5.91 Å². The van der Waals surface area contributed by atoms with Gasteiger partial charge in [-0.2, -0.15) is 0 Å². The van der Waals surface area contributed by atoms with E-state index in [0.29, 0.717) is 18.7 Å². The van der Waals surface area contributed by atoms with Gasteiger partial charge in [0.2, 0.25) is 5.91 Å². The van der Waals surface area contributed by atoms with Gasteiger partial charge in [0, 0.05) is 18.7 Å². The maximum absolute atomic E-state index is 11.6. The summed E-state index contributed by atoms with van der Waals surface area (Å²) in [6.45, 7) is 4.45. The van der Waals surface area contributed by atoms with Crippen molar-refractivity contribution in [3.05, 3.63) is 35.4 Å². The van der Waals surface area contributed by atoms with Crippen LogP contribution in [0.2, 0.25) is 0 Å². The summed E-state index contributed by atoms with van der Waals surface area (Å²) >= 11 is 0. The number of nitrogens with one attached hydrogen (secondary N) is 2. The molecule has 0 heterocycles. The van der Waals surface area contributed by atoms with Crippen molar-refractivity contribution in [2.24, 2.45) is 5.73 Å². The van der Waals surface area contributed by atoms with E-state index in [-0.39, 0.29) is 11.8 Å². The predicted octanol–water partition coefficient (Wildman–Crippen LogP) is 0.400. The number of benzene rings is 1. The third-order valence-electron chi connectivity index (χ3n) is 2.41. The molecule has 0 fully saturated rings. The molecule has 0 aliphatic heterocycles. The molecule has 0 aliphatic rings. The molecule has 0 saturated carbocycles. The van der Waals surface area contributed by atoms with Crippen LogP contribution >= 0.6 is 0 Å². The fraction of sp³-hybridized carbons (Fsp3) is 0.385. The Hall–Kier alpha value is -1.88. The Labute approximate surface area is 107 Å². The second-order valence-corrected chi connectivity index (χ2v) is 4.07. The molecule has 0 aliphatic carbocycles. The first-order chi connectivity index (χ1) is 8.54. The maximum atomic E-state index is 11.6. The van der Waals surface area contributed by atoms with E-state index in [4.69, 9.17) is 5.73 Å². The highest BCUT2D eigenvalue weighted by molar-refractivity contribution is 5.94. The van der Waals surface area contributed by atoms with E-state index in [0.717, 1.165) is 5.56 Å². The van der Waals surface area contributed by atoms with Crippen molar-refractivity contribution in [3.63, 3.8) is 0 Å². The summed E-state index contributed by atoms with van der Waals surface area (Å²) in [5.41, 5.74) is 6.90. The predicted molar refractivity (Wildman–Crippen MR) is 69.9 cm³/mol. The zero-order chi connectivity index (χ0) is 13.5. The van der Waals surface area contributed by atoms with Gasteiger partial charge in [-0.15, -0.1) is 0 Å². The SMILES string of the molecule is CCNC(=O)c1cccc(CNC(=O)C(C)N)c1. The third kappa shape index (κ3) is 4.18. The number of carbonyl (C=O) groups excluding carboxylic acids is 2. The molecule has 1 aromatic carbocycles. The van der Waals surface area contributed by atoms with Crippen molar-refractivity contribution in [2.75, 3.05) is 6.54 Å². The molecule has 0 aromatic heterocycles. The van der Waals surface area contributed by atoms with E-state index in [2.05, 4.69) is 10.6 Å². The molecule has 4 N–H and O–H groups in total. The Morgan fingerprint density at radius 3 is 2.67 bits per heavy atom. The minimum Gasteiger partial charge on any atom is -0.352 e. The van der Waals surface area contributed by atoms with Crippen LogP contribution < -0.4 is 16.4 Å². The molecule has 1 unspecified atom stereocenters. The van der Waals surface area contributed by atoms with Gasteiger partial charge in [-0.05, 0) is 31.5 Å². The second kappa shape index (κ2) is 6.76. The number of hydrogen-bond donors (Lipinski definition) is 3. The number of carbonyl (C=O) groups is 2. The first kappa shape index (κ1) is 14.2. The minimum atomic E-state index is -0.531. The van der Waals surface area contributed by atoms with Crippen LogP contribution in [0.1, 0.15) is 29.8 Å². The number of amides is 2. The van der Waals surface area contributed by atoms with Gasteiger partial charge in [0.1, 0.15) is 0 Å². The van der Waals surface area contributed by atoms with Crippen LogP contribution in [0.5, 0.6) is 0 Å². The van der Waals surface area contributed by atoms with Crippen LogP contribution in [0, 0.1) is 0 Å². The van der Waals surface area contributed by atoms with Crippen molar-refractivity contribution in [2.45, 2.75) is 26.4 Å². The van der Waals surface area contributed by atoms with Crippen molar-refractivity contribution in [3.8, 4) is 0 Å². The van der Waals surface area contributed by atoms with E-state index in [1.807, 2.05) is 13.0 Å². The van der Waals surface area contributed by atoms with Gasteiger partial charge in [0.15, 0.2) is 0 Å². The molecule has 5 nitrogen and oxygen atoms in total. The Bertz CT molecular complexity index is 430. The highest BCUT2D eigenvalue weighted by Crippen LogP contribution is 2.05. The highest BCUT2D eigenvalue weighted by atomic mass is 16.2. The molecule has 18 heavy (non-hydrogen) atoms. The van der Waals surface area contributed by atoms with Gasteiger partial charge in [-0.1, -0.05) is 12.1 Å². The molecular formula is C13H19N3O2. The Morgan fingerprint density at radius 2 is 2.06 bits per heavy atom. The maximum Gasteiger partial charge on any atom is 0.251 e. The number of hydrogen-bond acceptors (Lipinski definition) is 3. The Kier molecular flexibility index (Phi) is 5.32. The smallest absolute Gasteiger partial charge is 0.251 e. The lowest BCUT2D eigenvalue weighted by Crippen LogP contribution is -2.37. The van der Waals surface area contributed by atoms with E-state index in [1.54, 1.807) is 25.1 Å². The van der Waals surface area contributed by atoms with Gasteiger partial charge >= 0.3 is 0 Å². The number of rotatable bonds is 5. The largest absolute Gasteiger partial charge is 0.352 e. The lowest BCUT2D eigenvalue weighted by Gasteiger charge is -2.09. The van der Waals surface area contributed by atoms with E-state index < -0.39 is 6.04 Å². The first-order valence-corrected chi connectivity index (χ1v) is 5.95. The molecule has 1 aromatic rings. The normalized spacial score (nSPS) is 11.7. The van der Waals surface area contributed by atoms with Crippen molar-refractivity contribution in [1.29, 1.82) is 0 Å². The van der Waals surface area contributed by atoms with E-state index >= 15 is 0 Å². The fourth-order valence-corrected chi connectivity index (χ4v) is 1.44. The summed E-state index contributed by atoms with van der Waals surface area (Å²) in [4.78, 5) is 22.9. The summed E-state index contributed by atoms with van der Waals surface area (Å²) in [6, 6.07) is 6.60. The topological polar surface area (TPSA) is 84.2 Å². The van der Waals surface area contributed by atoms with Crippen LogP contribution in [0.4, 0.5) is 0 Å². The van der Waals surface area contributed by atoms with Crippen molar-refractivity contribution in [1.82, 2.24) is 10.6 Å². The first-order valence-electron chi connectivity index (χ1n) is 5.95. The lowest BCUT2D eigenvalue weighted by molar-refractivity contribution is -0.122. The van der Waals surface area contributed by atoms with E-state index in [1.165, 1.54) is 0 Å². The molecule has 0 radical (unpaired) electrons. The summed E-state index contributed by atoms with van der Waals surface area (Å²) in [5.74, 6) is -0.323. The molecule has 1 atom stereocenters. The quantitative estimate of drug-likeness (QED) is 0.706. The Morgan fingerprint density at radius 1 is 1.33 bits per heavy atom. The molecule has 2 amide bonds. The Balaban J connectivity index is 2.65. The molecule has 5 heteroatoms. The third-order valence-corrected chi connectivity index (χ3v) is 2.41. The number of nitrogens with two attached hydrogens (primary N) is 1. The van der Waals surface area contributed by atoms with Gasteiger partial charge in [-0.3, -0.25) is 9.59 Å². The van der Waals surface area contributed by atoms with Crippen molar-refractivity contribution < 1.29 is 9.59 Å². The standard InChI is InChI=1S/C13H19N3O2/c1-3-15-13(18)11-6-4-5-10(7-11)8-16-12(17)9(2)14/h4-7,9H,3,8,14H2,1-2H3,(H,15,18)(H,16,17). The van der Waals surface area contributed by atoms with Crippen LogP contribution in [0.25, 0.3) is 0 Å². The molecule has 0 saturated heterocycles. The summed E-state index contributed by atoms with van der Waals surface area (Å²) < 4.78 is 0. The minimum absolute atomic E-state index is 0.113. The van der Waals surface area contributed by atoms with Crippen LogP contribution in [-0.4, -0.2) is 24.4 Å². The van der Waals surface area contributed by atoms with Crippen LogP contribution in [-0.2, 0) is 11.3 Å². The molecule has 0 bridgehead atoms. The zero-order valence-corrected chi connectivity index (χ0v) is 10.7. The van der Waals surface area contributed by atoms with Gasteiger partial charge in [0.05, 0.1) is 6.04 Å². The van der Waals surface area contributed by atoms with Crippen molar-refractivity contribution >= 4 is 11.8 Å². The summed E-state index contributed by atoms with van der Waals surface area (Å²) in [6.07, 6.45) is 0. The van der Waals surface area contributed by atoms with Crippen LogP contribution in [0.3, 0.4) is 0 Å². The van der Waals surface area contributed by atoms with Gasteiger partial charge in [-0.25, -0.2) is 0 Å². The second-order valence-electron chi connectivity index (χ2n) is 4.07. The monoisotopic (exact) mass is 249 g/mol. The summed E-state index contributed by atoms with van der Waals surface area (Å²) in [7, 11) is 0. The molecule has 1 rings (SSSR count). The summed E-state index contributed by atoms with van der Waals surface area (Å²) in [5, 5.41) is 5.43. The fourth-order valence-electron chi connectivity index (χ4n) is 1.44. The van der Waals surface area contributed by atoms with Gasteiger partial charge < -0.3 is 16.4 Å². The highest BCUT2D eigenvalue weighted by Gasteiger charge is 2.08. The average Bonchev–Trinajstić information content (AvgIpc) is 2.36. The lowest BCUT2D eigenvalue weighted by atomic mass is 10.1. The average molecular weight is 249 g/mol. The van der Waals surface area contributed by atoms with Crippen LogP contribution in [0.15, 0.2) is 24.3 Å².